The molecule has 0 aliphatic heterocycles. The number of nitrogens with one attached hydrogen (secondary N) is 1. The summed E-state index contributed by atoms with van der Waals surface area (Å²) in [6, 6.07) is 15.4. The Hall–Kier alpha value is -1.85. The van der Waals surface area contributed by atoms with Gasteiger partial charge in [-0.3, -0.25) is 4.72 Å². The van der Waals surface area contributed by atoms with Crippen LogP contribution >= 0.6 is 0 Å². The zero-order valence-corrected chi connectivity index (χ0v) is 12.1. The van der Waals surface area contributed by atoms with Gasteiger partial charge >= 0.3 is 0 Å². The van der Waals surface area contributed by atoms with Crippen molar-refractivity contribution >= 4 is 15.7 Å². The number of para-hydroxylation sites is 1. The van der Waals surface area contributed by atoms with Gasteiger partial charge in [-0.2, -0.15) is 0 Å². The first-order valence-corrected chi connectivity index (χ1v) is 7.94. The summed E-state index contributed by atoms with van der Waals surface area (Å²) in [4.78, 5) is 0.225. The molecule has 0 spiro atoms. The van der Waals surface area contributed by atoms with Crippen molar-refractivity contribution in [2.45, 2.75) is 24.3 Å². The lowest BCUT2D eigenvalue weighted by atomic mass is 10.1. The van der Waals surface area contributed by atoms with Gasteiger partial charge in [0.25, 0.3) is 10.0 Å². The lowest BCUT2D eigenvalue weighted by Crippen LogP contribution is -2.14. The van der Waals surface area contributed by atoms with Crippen molar-refractivity contribution in [1.29, 1.82) is 0 Å². The van der Waals surface area contributed by atoms with Crippen molar-refractivity contribution in [2.24, 2.45) is 5.73 Å². The Morgan fingerprint density at radius 3 is 2.45 bits per heavy atom. The van der Waals surface area contributed by atoms with Gasteiger partial charge in [0.05, 0.1) is 4.90 Å². The highest BCUT2D eigenvalue weighted by atomic mass is 32.2. The summed E-state index contributed by atoms with van der Waals surface area (Å²) in [6.45, 7) is 1.97. The Morgan fingerprint density at radius 1 is 1.10 bits per heavy atom. The molecular weight excluding hydrogens is 272 g/mol. The Kier molecular flexibility index (Phi) is 4.42. The molecule has 20 heavy (non-hydrogen) atoms. The van der Waals surface area contributed by atoms with Crippen LogP contribution in [-0.4, -0.2) is 8.42 Å². The fourth-order valence-corrected chi connectivity index (χ4v) is 2.98. The van der Waals surface area contributed by atoms with Gasteiger partial charge in [-0.25, -0.2) is 8.42 Å². The summed E-state index contributed by atoms with van der Waals surface area (Å²) in [5.74, 6) is 0. The maximum absolute atomic E-state index is 12.3. The first kappa shape index (κ1) is 14.6. The van der Waals surface area contributed by atoms with Gasteiger partial charge in [-0.05, 0) is 36.2 Å². The monoisotopic (exact) mass is 290 g/mol. The van der Waals surface area contributed by atoms with Crippen LogP contribution in [0.2, 0.25) is 0 Å². The van der Waals surface area contributed by atoms with Crippen LogP contribution in [0.25, 0.3) is 0 Å². The molecule has 5 heteroatoms. The highest BCUT2D eigenvalue weighted by molar-refractivity contribution is 7.92. The predicted octanol–water partition coefficient (Wildman–Crippen LogP) is 2.90. The SMILES string of the molecule is CCC(N)c1cccc(S(=O)(=O)Nc2ccccc2)c1. The maximum atomic E-state index is 12.3. The van der Waals surface area contributed by atoms with Crippen LogP contribution in [0, 0.1) is 0 Å². The zero-order chi connectivity index (χ0) is 14.6. The topological polar surface area (TPSA) is 72.2 Å². The van der Waals surface area contributed by atoms with E-state index in [-0.39, 0.29) is 10.9 Å². The van der Waals surface area contributed by atoms with Crippen molar-refractivity contribution in [3.8, 4) is 0 Å². The molecule has 0 saturated carbocycles. The predicted molar refractivity (Wildman–Crippen MR) is 80.9 cm³/mol. The molecule has 4 nitrogen and oxygen atoms in total. The van der Waals surface area contributed by atoms with E-state index in [1.165, 1.54) is 0 Å². The molecule has 2 aromatic carbocycles. The normalized spacial score (nSPS) is 12.9. The minimum atomic E-state index is -3.58. The molecule has 0 radical (unpaired) electrons. The van der Waals surface area contributed by atoms with Crippen molar-refractivity contribution in [2.75, 3.05) is 4.72 Å². The Labute approximate surface area is 119 Å². The second-order valence-corrected chi connectivity index (χ2v) is 6.24. The van der Waals surface area contributed by atoms with E-state index in [1.54, 1.807) is 42.5 Å². The lowest BCUT2D eigenvalue weighted by molar-refractivity contribution is 0.600. The highest BCUT2D eigenvalue weighted by Crippen LogP contribution is 2.20. The van der Waals surface area contributed by atoms with E-state index < -0.39 is 10.0 Å². The van der Waals surface area contributed by atoms with Gasteiger partial charge in [0.1, 0.15) is 0 Å². The summed E-state index contributed by atoms with van der Waals surface area (Å²) in [5, 5.41) is 0. The number of anilines is 1. The van der Waals surface area contributed by atoms with E-state index in [2.05, 4.69) is 4.72 Å². The highest BCUT2D eigenvalue weighted by Gasteiger charge is 2.15. The second kappa shape index (κ2) is 6.07. The van der Waals surface area contributed by atoms with Crippen molar-refractivity contribution < 1.29 is 8.42 Å². The molecule has 2 aromatic rings. The Balaban J connectivity index is 2.30. The largest absolute Gasteiger partial charge is 0.324 e. The summed E-state index contributed by atoms with van der Waals surface area (Å²) in [5.41, 5.74) is 7.31. The minimum absolute atomic E-state index is 0.151. The number of rotatable bonds is 5. The van der Waals surface area contributed by atoms with Crippen LogP contribution < -0.4 is 10.5 Å². The minimum Gasteiger partial charge on any atom is -0.324 e. The number of hydrogen-bond acceptors (Lipinski definition) is 3. The molecule has 0 amide bonds. The third-order valence-corrected chi connectivity index (χ3v) is 4.44. The lowest BCUT2D eigenvalue weighted by Gasteiger charge is -2.12. The summed E-state index contributed by atoms with van der Waals surface area (Å²) < 4.78 is 27.2. The van der Waals surface area contributed by atoms with Gasteiger partial charge in [0.2, 0.25) is 0 Å². The maximum Gasteiger partial charge on any atom is 0.261 e. The van der Waals surface area contributed by atoms with Gasteiger partial charge in [0.15, 0.2) is 0 Å². The summed E-state index contributed by atoms with van der Waals surface area (Å²) in [6.07, 6.45) is 0.760. The molecule has 0 aromatic heterocycles. The van der Waals surface area contributed by atoms with Crippen LogP contribution in [-0.2, 0) is 10.0 Å². The van der Waals surface area contributed by atoms with Gasteiger partial charge in [-0.1, -0.05) is 37.3 Å². The number of hydrogen-bond donors (Lipinski definition) is 2. The van der Waals surface area contributed by atoms with E-state index in [4.69, 9.17) is 5.73 Å². The van der Waals surface area contributed by atoms with Crippen molar-refractivity contribution in [3.05, 3.63) is 60.2 Å². The van der Waals surface area contributed by atoms with E-state index in [0.717, 1.165) is 12.0 Å². The molecule has 106 valence electrons. The van der Waals surface area contributed by atoms with Crippen LogP contribution in [0.5, 0.6) is 0 Å². The van der Waals surface area contributed by atoms with Crippen LogP contribution in [0.4, 0.5) is 5.69 Å². The molecule has 0 heterocycles. The number of sulfonamides is 1. The van der Waals surface area contributed by atoms with E-state index in [0.29, 0.717) is 5.69 Å². The molecule has 1 unspecified atom stereocenters. The molecule has 3 N–H and O–H groups in total. The number of nitrogens with two attached hydrogens (primary N) is 1. The standard InChI is InChI=1S/C15H18N2O2S/c1-2-15(16)12-7-6-10-14(11-12)20(18,19)17-13-8-4-3-5-9-13/h3-11,15,17H,2,16H2,1H3. The Bertz CT molecular complexity index is 669. The first-order valence-electron chi connectivity index (χ1n) is 6.46. The van der Waals surface area contributed by atoms with Crippen LogP contribution in [0.1, 0.15) is 24.9 Å². The summed E-state index contributed by atoms with van der Waals surface area (Å²) in [7, 11) is -3.58. The fraction of sp³-hybridized carbons (Fsp3) is 0.200. The molecular formula is C15H18N2O2S. The Morgan fingerprint density at radius 2 is 1.80 bits per heavy atom. The van der Waals surface area contributed by atoms with E-state index in [9.17, 15) is 8.42 Å². The first-order chi connectivity index (χ1) is 9.53. The van der Waals surface area contributed by atoms with Gasteiger partial charge in [0, 0.05) is 11.7 Å². The molecule has 0 saturated heterocycles. The second-order valence-electron chi connectivity index (χ2n) is 4.56. The van der Waals surface area contributed by atoms with Gasteiger partial charge in [-0.15, -0.1) is 0 Å². The van der Waals surface area contributed by atoms with Crippen molar-refractivity contribution in [3.63, 3.8) is 0 Å². The molecule has 2 rings (SSSR count). The van der Waals surface area contributed by atoms with E-state index >= 15 is 0 Å². The molecule has 0 aliphatic rings. The average Bonchev–Trinajstić information content (AvgIpc) is 2.47. The molecule has 0 fully saturated rings. The smallest absolute Gasteiger partial charge is 0.261 e. The molecule has 0 bridgehead atoms. The van der Waals surface area contributed by atoms with Gasteiger partial charge < -0.3 is 5.73 Å². The summed E-state index contributed by atoms with van der Waals surface area (Å²) >= 11 is 0. The zero-order valence-electron chi connectivity index (χ0n) is 11.3. The number of benzene rings is 2. The van der Waals surface area contributed by atoms with Crippen LogP contribution in [0.15, 0.2) is 59.5 Å². The van der Waals surface area contributed by atoms with Crippen LogP contribution in [0.3, 0.4) is 0 Å². The fourth-order valence-electron chi connectivity index (χ4n) is 1.87. The third kappa shape index (κ3) is 3.37. The quantitative estimate of drug-likeness (QED) is 0.889. The van der Waals surface area contributed by atoms with E-state index in [1.807, 2.05) is 19.1 Å². The molecule has 1 atom stereocenters. The van der Waals surface area contributed by atoms with Crippen molar-refractivity contribution in [1.82, 2.24) is 0 Å². The average molecular weight is 290 g/mol. The molecule has 0 aliphatic carbocycles. The third-order valence-electron chi connectivity index (χ3n) is 3.06.